The van der Waals surface area contributed by atoms with E-state index in [1.807, 2.05) is 48.5 Å². The highest BCUT2D eigenvalue weighted by Crippen LogP contribution is 2.34. The molecule has 6 aromatic rings. The molecule has 0 saturated carbocycles. The van der Waals surface area contributed by atoms with Crippen molar-refractivity contribution < 1.29 is 35.9 Å². The maximum Gasteiger partial charge on any atom is 0.417 e. The van der Waals surface area contributed by atoms with Crippen LogP contribution in [0, 0.1) is 0 Å². The molecule has 6 rings (SSSR count). The molecule has 0 saturated heterocycles. The van der Waals surface area contributed by atoms with Crippen molar-refractivity contribution in [1.82, 2.24) is 0 Å². The number of alkyl halides is 6. The maximum atomic E-state index is 13.1. The number of rotatable bonds is 5. The molecule has 0 unspecified atom stereocenters. The summed E-state index contributed by atoms with van der Waals surface area (Å²) in [5, 5.41) is 2.78. The van der Waals surface area contributed by atoms with Crippen molar-refractivity contribution in [2.45, 2.75) is 12.4 Å². The molecule has 0 aliphatic carbocycles. The summed E-state index contributed by atoms with van der Waals surface area (Å²) in [5.74, 6) is -0.820. The molecule has 0 bridgehead atoms. The minimum Gasteiger partial charge on any atom is -0.398 e. The Morgan fingerprint density at radius 3 is 1.38 bits per heavy atom. The molecule has 0 fully saturated rings. The van der Waals surface area contributed by atoms with Gasteiger partial charge in [0.2, 0.25) is 0 Å². The van der Waals surface area contributed by atoms with Crippen molar-refractivity contribution in [3.63, 3.8) is 0 Å². The van der Waals surface area contributed by atoms with Crippen LogP contribution in [0.25, 0.3) is 22.3 Å². The second kappa shape index (κ2) is 18.0. The van der Waals surface area contributed by atoms with Gasteiger partial charge in [-0.3, -0.25) is 9.59 Å². The van der Waals surface area contributed by atoms with E-state index in [0.717, 1.165) is 51.7 Å². The van der Waals surface area contributed by atoms with Gasteiger partial charge >= 0.3 is 12.4 Å². The van der Waals surface area contributed by atoms with Gasteiger partial charge in [0.1, 0.15) is 0 Å². The highest BCUT2D eigenvalue weighted by Gasteiger charge is 2.35. The SMILES string of the molecule is Nc1ccccc1-c1ccc(Cl)cc1.O=C(Cl)c1ccccc1C(F)(F)F.O=C(Nc1ccccc1-c1ccc(Cl)cc1)c1ccccc1C(F)(F)F. The van der Waals surface area contributed by atoms with Crippen molar-refractivity contribution in [3.8, 4) is 22.3 Å². The van der Waals surface area contributed by atoms with Gasteiger partial charge in [-0.2, -0.15) is 26.3 Å². The largest absolute Gasteiger partial charge is 0.417 e. The van der Waals surface area contributed by atoms with E-state index < -0.39 is 45.8 Å². The zero-order valence-corrected chi connectivity index (χ0v) is 29.4. The number of nitrogen functional groups attached to an aromatic ring is 1. The van der Waals surface area contributed by atoms with Crippen molar-refractivity contribution in [2.75, 3.05) is 11.1 Å². The summed E-state index contributed by atoms with van der Waals surface area (Å²) < 4.78 is 76.0. The summed E-state index contributed by atoms with van der Waals surface area (Å²) in [6.45, 7) is 0. The fourth-order valence-electron chi connectivity index (χ4n) is 4.88. The van der Waals surface area contributed by atoms with Crippen LogP contribution in [0.1, 0.15) is 31.8 Å². The van der Waals surface area contributed by atoms with Crippen LogP contribution in [-0.4, -0.2) is 11.1 Å². The van der Waals surface area contributed by atoms with E-state index in [4.69, 9.17) is 40.5 Å². The Kier molecular flexibility index (Phi) is 13.7. The van der Waals surface area contributed by atoms with Crippen LogP contribution in [0.4, 0.5) is 37.7 Å². The summed E-state index contributed by atoms with van der Waals surface area (Å²) >= 11 is 16.7. The highest BCUT2D eigenvalue weighted by atomic mass is 35.5. The topological polar surface area (TPSA) is 72.2 Å². The Balaban J connectivity index is 0.000000196. The molecule has 0 atom stereocenters. The number of hydrogen-bond acceptors (Lipinski definition) is 3. The molecule has 0 spiro atoms. The summed E-state index contributed by atoms with van der Waals surface area (Å²) in [6, 6.07) is 38.4. The van der Waals surface area contributed by atoms with E-state index in [-0.39, 0.29) is 0 Å². The van der Waals surface area contributed by atoms with Crippen molar-refractivity contribution >= 4 is 57.3 Å². The fraction of sp³-hybridized carbons (Fsp3) is 0.0500. The molecule has 53 heavy (non-hydrogen) atoms. The van der Waals surface area contributed by atoms with Crippen LogP contribution < -0.4 is 11.1 Å². The minimum atomic E-state index is -4.61. The van der Waals surface area contributed by atoms with Crippen LogP contribution in [0.5, 0.6) is 0 Å². The standard InChI is InChI=1S/C20H13ClF3NO.C12H10ClN.C8H4ClF3O/c21-14-11-9-13(10-12-14)15-5-2-4-8-18(15)25-19(26)16-6-1-3-7-17(16)20(22,23)24;13-10-7-5-9(6-8-10)11-3-1-2-4-12(11)14;9-7(13)5-3-1-2-4-6(5)8(10,11)12/h1-12H,(H,25,26);1-8H,14H2;1-4H. The van der Waals surface area contributed by atoms with Crippen LogP contribution in [-0.2, 0) is 12.4 Å². The monoisotopic (exact) mass is 786 g/mol. The molecule has 272 valence electrons. The molecule has 3 N–H and O–H groups in total. The van der Waals surface area contributed by atoms with Gasteiger partial charge in [0, 0.05) is 38.1 Å². The third kappa shape index (κ3) is 11.3. The van der Waals surface area contributed by atoms with Crippen LogP contribution in [0.2, 0.25) is 10.0 Å². The van der Waals surface area contributed by atoms with Crippen molar-refractivity contribution in [2.24, 2.45) is 0 Å². The number of carbonyl (C=O) groups is 2. The number of para-hydroxylation sites is 2. The van der Waals surface area contributed by atoms with E-state index >= 15 is 0 Å². The van der Waals surface area contributed by atoms with Gasteiger partial charge in [0.25, 0.3) is 11.1 Å². The van der Waals surface area contributed by atoms with E-state index in [0.29, 0.717) is 16.3 Å². The predicted molar refractivity (Wildman–Crippen MR) is 199 cm³/mol. The summed E-state index contributed by atoms with van der Waals surface area (Å²) in [5.41, 5.74) is 7.75. The molecule has 0 aliphatic heterocycles. The average molecular weight is 788 g/mol. The lowest BCUT2D eigenvalue weighted by molar-refractivity contribution is -0.138. The Morgan fingerprint density at radius 1 is 0.509 bits per heavy atom. The van der Waals surface area contributed by atoms with Gasteiger partial charge in [-0.25, -0.2) is 0 Å². The molecule has 13 heteroatoms. The van der Waals surface area contributed by atoms with Gasteiger partial charge < -0.3 is 11.1 Å². The molecular formula is C40H27Cl3F6N2O2. The number of halogens is 9. The quantitative estimate of drug-likeness (QED) is 0.104. The van der Waals surface area contributed by atoms with Crippen molar-refractivity contribution in [3.05, 3.63) is 178 Å². The number of nitrogens with two attached hydrogens (primary N) is 1. The van der Waals surface area contributed by atoms with Gasteiger partial charge in [0.05, 0.1) is 16.7 Å². The molecular weight excluding hydrogens is 761 g/mol. The third-order valence-electron chi connectivity index (χ3n) is 7.37. The average Bonchev–Trinajstić information content (AvgIpc) is 3.13. The van der Waals surface area contributed by atoms with Gasteiger partial charge in [-0.05, 0) is 83.4 Å². The lowest BCUT2D eigenvalue weighted by atomic mass is 10.0. The first-order valence-corrected chi connectivity index (χ1v) is 16.5. The van der Waals surface area contributed by atoms with Crippen LogP contribution >= 0.6 is 34.8 Å². The number of hydrogen-bond donors (Lipinski definition) is 2. The Bertz CT molecular complexity index is 2170. The van der Waals surface area contributed by atoms with E-state index in [1.165, 1.54) is 24.3 Å². The first kappa shape index (κ1) is 40.5. The summed E-state index contributed by atoms with van der Waals surface area (Å²) in [6.07, 6.45) is -9.15. The van der Waals surface area contributed by atoms with E-state index in [1.54, 1.807) is 48.5 Å². The Hall–Kier alpha value is -5.29. The molecule has 0 aliphatic rings. The molecule has 0 heterocycles. The Labute approximate surface area is 315 Å². The second-order valence-corrected chi connectivity index (χ2v) is 12.2. The predicted octanol–water partition coefficient (Wildman–Crippen LogP) is 13.0. The van der Waals surface area contributed by atoms with Gasteiger partial charge in [0.15, 0.2) is 0 Å². The number of amides is 1. The van der Waals surface area contributed by atoms with Crippen LogP contribution in [0.15, 0.2) is 146 Å². The normalized spacial score (nSPS) is 11.0. The first-order chi connectivity index (χ1) is 25.1. The molecule has 6 aromatic carbocycles. The zero-order valence-electron chi connectivity index (χ0n) is 27.2. The molecule has 4 nitrogen and oxygen atoms in total. The third-order valence-corrected chi connectivity index (χ3v) is 8.08. The number of benzene rings is 6. The summed E-state index contributed by atoms with van der Waals surface area (Å²) in [7, 11) is 0. The number of carbonyl (C=O) groups excluding carboxylic acids is 2. The number of nitrogens with one attached hydrogen (secondary N) is 1. The first-order valence-electron chi connectivity index (χ1n) is 15.3. The lowest BCUT2D eigenvalue weighted by Gasteiger charge is -2.15. The van der Waals surface area contributed by atoms with Crippen LogP contribution in [0.3, 0.4) is 0 Å². The van der Waals surface area contributed by atoms with E-state index in [9.17, 15) is 35.9 Å². The lowest BCUT2D eigenvalue weighted by Crippen LogP contribution is -2.18. The van der Waals surface area contributed by atoms with Crippen molar-refractivity contribution in [1.29, 1.82) is 0 Å². The van der Waals surface area contributed by atoms with Gasteiger partial charge in [-0.15, -0.1) is 0 Å². The molecule has 0 radical (unpaired) electrons. The van der Waals surface area contributed by atoms with E-state index in [2.05, 4.69) is 5.32 Å². The highest BCUT2D eigenvalue weighted by molar-refractivity contribution is 6.67. The zero-order chi connectivity index (χ0) is 38.8. The minimum absolute atomic E-state index is 0.414. The second-order valence-electron chi connectivity index (χ2n) is 11.0. The molecule has 0 aromatic heterocycles. The molecule has 1 amide bonds. The maximum absolute atomic E-state index is 13.1. The fourth-order valence-corrected chi connectivity index (χ4v) is 5.30. The number of anilines is 2. The van der Waals surface area contributed by atoms with Gasteiger partial charge in [-0.1, -0.05) is 108 Å². The Morgan fingerprint density at radius 2 is 0.906 bits per heavy atom. The smallest absolute Gasteiger partial charge is 0.398 e. The summed E-state index contributed by atoms with van der Waals surface area (Å²) in [4.78, 5) is 23.1.